The van der Waals surface area contributed by atoms with Gasteiger partial charge in [0.15, 0.2) is 5.15 Å². The zero-order valence-corrected chi connectivity index (χ0v) is 16.5. The second-order valence-electron chi connectivity index (χ2n) is 7.96. The molecule has 2 fully saturated rings. The second-order valence-corrected chi connectivity index (χ2v) is 8.32. The number of benzene rings is 1. The number of hydrogen-bond acceptors (Lipinski definition) is 4. The van der Waals surface area contributed by atoms with Crippen molar-refractivity contribution in [2.45, 2.75) is 38.1 Å². The molecule has 1 saturated carbocycles. The van der Waals surface area contributed by atoms with E-state index in [1.165, 1.54) is 23.7 Å². The van der Waals surface area contributed by atoms with Gasteiger partial charge in [-0.05, 0) is 30.5 Å². The van der Waals surface area contributed by atoms with E-state index in [0.29, 0.717) is 16.4 Å². The third-order valence-electron chi connectivity index (χ3n) is 5.87. The van der Waals surface area contributed by atoms with Crippen LogP contribution in [0.4, 0.5) is 13.2 Å². The molecule has 2 aromatic heterocycles. The normalized spacial score (nSPS) is 19.4. The number of rotatable bonds is 4. The first kappa shape index (κ1) is 19.1. The van der Waals surface area contributed by atoms with Crippen LogP contribution in [0.25, 0.3) is 21.9 Å². The Morgan fingerprint density at radius 2 is 1.83 bits per heavy atom. The minimum atomic E-state index is -4.36. The third-order valence-corrected chi connectivity index (χ3v) is 6.14. The van der Waals surface area contributed by atoms with E-state index in [2.05, 4.69) is 19.8 Å². The van der Waals surface area contributed by atoms with Crippen LogP contribution in [0.5, 0.6) is 0 Å². The predicted octanol–water partition coefficient (Wildman–Crippen LogP) is 4.08. The first-order valence-corrected chi connectivity index (χ1v) is 10.2. The molecule has 29 heavy (non-hydrogen) atoms. The fourth-order valence-electron chi connectivity index (χ4n) is 4.35. The van der Waals surface area contributed by atoms with E-state index in [1.807, 2.05) is 12.1 Å². The fourth-order valence-corrected chi connectivity index (χ4v) is 4.58. The molecule has 3 heterocycles. The smallest absolute Gasteiger partial charge is 0.327 e. The highest BCUT2D eigenvalue weighted by Gasteiger charge is 2.32. The zero-order chi connectivity index (χ0) is 20.2. The molecule has 5 nitrogen and oxygen atoms in total. The summed E-state index contributed by atoms with van der Waals surface area (Å²) in [6.07, 6.45) is -0.421. The van der Waals surface area contributed by atoms with Crippen molar-refractivity contribution in [2.24, 2.45) is 0 Å². The monoisotopic (exact) mass is 423 g/mol. The average molecular weight is 424 g/mol. The lowest BCUT2D eigenvalue weighted by Crippen LogP contribution is -2.46. The number of aromatic nitrogens is 3. The molecule has 1 aliphatic carbocycles. The summed E-state index contributed by atoms with van der Waals surface area (Å²) in [6, 6.07) is 6.39. The Balaban J connectivity index is 1.47. The van der Waals surface area contributed by atoms with Crippen molar-refractivity contribution in [1.82, 2.24) is 24.3 Å². The van der Waals surface area contributed by atoms with Crippen LogP contribution >= 0.6 is 11.6 Å². The molecule has 3 aromatic rings. The van der Waals surface area contributed by atoms with Crippen molar-refractivity contribution in [1.29, 1.82) is 0 Å². The van der Waals surface area contributed by atoms with E-state index in [9.17, 15) is 13.2 Å². The topological polar surface area (TPSA) is 37.2 Å². The number of alkyl halides is 3. The standard InChI is InChI=1S/C20H21ClF3N5/c21-19-18-17(25-12-26-19)15-9-13(1-4-16(15)29(18)11-20(22,23)24)10-27-5-7-28(8-6-27)14-2-3-14/h1,4,9,12,14H,2-3,5-8,10-11H2. The van der Waals surface area contributed by atoms with E-state index in [0.717, 1.165) is 44.3 Å². The van der Waals surface area contributed by atoms with Crippen molar-refractivity contribution in [2.75, 3.05) is 26.2 Å². The maximum atomic E-state index is 13.2. The summed E-state index contributed by atoms with van der Waals surface area (Å²) in [5.41, 5.74) is 2.24. The summed E-state index contributed by atoms with van der Waals surface area (Å²) < 4.78 is 40.7. The Morgan fingerprint density at radius 1 is 1.07 bits per heavy atom. The van der Waals surface area contributed by atoms with Crippen LogP contribution in [0.15, 0.2) is 24.5 Å². The molecule has 0 amide bonds. The quantitative estimate of drug-likeness (QED) is 0.592. The number of hydrogen-bond donors (Lipinski definition) is 0. The molecule has 0 N–H and O–H groups in total. The van der Waals surface area contributed by atoms with Crippen LogP contribution in [-0.4, -0.2) is 62.7 Å². The number of halogens is 4. The van der Waals surface area contributed by atoms with Crippen LogP contribution in [-0.2, 0) is 13.1 Å². The maximum absolute atomic E-state index is 13.2. The van der Waals surface area contributed by atoms with Crippen molar-refractivity contribution in [3.8, 4) is 0 Å². The molecular weight excluding hydrogens is 403 g/mol. The molecule has 154 valence electrons. The molecule has 5 rings (SSSR count). The van der Waals surface area contributed by atoms with Gasteiger partial charge in [-0.25, -0.2) is 9.97 Å². The Bertz CT molecular complexity index is 1050. The highest BCUT2D eigenvalue weighted by molar-refractivity contribution is 6.34. The molecule has 2 aliphatic rings. The van der Waals surface area contributed by atoms with Crippen LogP contribution in [0, 0.1) is 0 Å². The molecule has 9 heteroatoms. The summed E-state index contributed by atoms with van der Waals surface area (Å²) in [7, 11) is 0. The van der Waals surface area contributed by atoms with Crippen molar-refractivity contribution < 1.29 is 13.2 Å². The first-order valence-electron chi connectivity index (χ1n) is 9.83. The van der Waals surface area contributed by atoms with Gasteiger partial charge >= 0.3 is 6.18 Å². The van der Waals surface area contributed by atoms with Crippen LogP contribution in [0.3, 0.4) is 0 Å². The summed E-state index contributed by atoms with van der Waals surface area (Å²) in [5.74, 6) is 0. The lowest BCUT2D eigenvalue weighted by atomic mass is 10.1. The predicted molar refractivity (Wildman–Crippen MR) is 106 cm³/mol. The Hall–Kier alpha value is -1.90. The first-order chi connectivity index (χ1) is 13.9. The summed E-state index contributed by atoms with van der Waals surface area (Å²) in [4.78, 5) is 13.1. The molecular formula is C20H21ClF3N5. The van der Waals surface area contributed by atoms with E-state index in [4.69, 9.17) is 11.6 Å². The van der Waals surface area contributed by atoms with Gasteiger partial charge in [0, 0.05) is 44.2 Å². The van der Waals surface area contributed by atoms with Crippen LogP contribution < -0.4 is 0 Å². The van der Waals surface area contributed by atoms with Gasteiger partial charge in [-0.3, -0.25) is 9.80 Å². The van der Waals surface area contributed by atoms with E-state index < -0.39 is 12.7 Å². The van der Waals surface area contributed by atoms with Crippen LogP contribution in [0.1, 0.15) is 18.4 Å². The summed E-state index contributed by atoms with van der Waals surface area (Å²) >= 11 is 6.15. The van der Waals surface area contributed by atoms with Gasteiger partial charge in [0.2, 0.25) is 0 Å². The van der Waals surface area contributed by atoms with Gasteiger partial charge in [-0.2, -0.15) is 13.2 Å². The minimum Gasteiger partial charge on any atom is -0.327 e. The Kier molecular flexibility index (Phi) is 4.68. The molecule has 1 aromatic carbocycles. The van der Waals surface area contributed by atoms with E-state index >= 15 is 0 Å². The van der Waals surface area contributed by atoms with E-state index in [1.54, 1.807) is 6.07 Å². The van der Waals surface area contributed by atoms with Gasteiger partial charge in [-0.15, -0.1) is 0 Å². The van der Waals surface area contributed by atoms with Gasteiger partial charge in [0.05, 0.1) is 5.52 Å². The van der Waals surface area contributed by atoms with Gasteiger partial charge < -0.3 is 4.57 Å². The molecule has 1 aliphatic heterocycles. The molecule has 0 unspecified atom stereocenters. The molecule has 0 atom stereocenters. The Morgan fingerprint density at radius 3 is 2.52 bits per heavy atom. The summed E-state index contributed by atoms with van der Waals surface area (Å²) in [6.45, 7) is 3.85. The zero-order valence-electron chi connectivity index (χ0n) is 15.8. The SMILES string of the molecule is FC(F)(F)Cn1c2ccc(CN3CCN(C4CC4)CC3)cc2c2ncnc(Cl)c21. The lowest BCUT2D eigenvalue weighted by molar-refractivity contribution is -0.139. The molecule has 0 spiro atoms. The highest BCUT2D eigenvalue weighted by atomic mass is 35.5. The average Bonchev–Trinajstić information content (AvgIpc) is 3.47. The van der Waals surface area contributed by atoms with Crippen molar-refractivity contribution in [3.05, 3.63) is 35.2 Å². The number of piperazine rings is 1. The van der Waals surface area contributed by atoms with Crippen LogP contribution in [0.2, 0.25) is 5.15 Å². The second kappa shape index (κ2) is 7.11. The van der Waals surface area contributed by atoms with Crippen molar-refractivity contribution in [3.63, 3.8) is 0 Å². The molecule has 1 saturated heterocycles. The van der Waals surface area contributed by atoms with Gasteiger partial charge in [-0.1, -0.05) is 17.7 Å². The third kappa shape index (κ3) is 3.81. The molecule has 0 bridgehead atoms. The fraction of sp³-hybridized carbons (Fsp3) is 0.500. The summed E-state index contributed by atoms with van der Waals surface area (Å²) in [5, 5.41) is 0.718. The highest BCUT2D eigenvalue weighted by Crippen LogP contribution is 2.34. The molecule has 0 radical (unpaired) electrons. The largest absolute Gasteiger partial charge is 0.406 e. The van der Waals surface area contributed by atoms with E-state index in [-0.39, 0.29) is 10.7 Å². The van der Waals surface area contributed by atoms with Gasteiger partial charge in [0.1, 0.15) is 23.9 Å². The number of nitrogens with zero attached hydrogens (tertiary/aromatic N) is 5. The van der Waals surface area contributed by atoms with Crippen molar-refractivity contribution >= 4 is 33.5 Å². The Labute approximate surface area is 171 Å². The van der Waals surface area contributed by atoms with Gasteiger partial charge in [0.25, 0.3) is 0 Å². The minimum absolute atomic E-state index is 0.0354. The maximum Gasteiger partial charge on any atom is 0.406 e. The number of fused-ring (bicyclic) bond motifs is 3. The lowest BCUT2D eigenvalue weighted by Gasteiger charge is -2.34.